The first-order chi connectivity index (χ1) is 5.86. The topological polar surface area (TPSA) is 41.6 Å². The summed E-state index contributed by atoms with van der Waals surface area (Å²) in [4.78, 5) is 4.36. The molecule has 1 heterocycles. The Labute approximate surface area is 77.4 Å². The van der Waals surface area contributed by atoms with Crippen LogP contribution >= 0.6 is 11.8 Å². The minimum absolute atomic E-state index is 0.952. The van der Waals surface area contributed by atoms with E-state index in [4.69, 9.17) is 0 Å². The Bertz CT molecular complexity index is 222. The second-order valence-corrected chi connectivity index (χ2v) is 3.68. The number of rotatable bonds is 5. The van der Waals surface area contributed by atoms with Crippen molar-refractivity contribution in [1.82, 2.24) is 15.2 Å². The molecule has 0 bridgehead atoms. The van der Waals surface area contributed by atoms with E-state index >= 15 is 0 Å². The van der Waals surface area contributed by atoms with Crippen molar-refractivity contribution in [2.45, 2.75) is 26.2 Å². The van der Waals surface area contributed by atoms with E-state index in [-0.39, 0.29) is 0 Å². The van der Waals surface area contributed by atoms with E-state index < -0.39 is 0 Å². The van der Waals surface area contributed by atoms with Crippen LogP contribution in [-0.2, 0) is 12.8 Å². The molecular formula is C8H15N3S. The molecule has 0 amide bonds. The third-order valence-corrected chi connectivity index (χ3v) is 2.21. The highest BCUT2D eigenvalue weighted by Crippen LogP contribution is 2.00. The molecule has 1 aromatic heterocycles. The Kier molecular flexibility index (Phi) is 4.14. The summed E-state index contributed by atoms with van der Waals surface area (Å²) in [5, 5.41) is 7.07. The first-order valence-corrected chi connectivity index (χ1v) is 5.65. The summed E-state index contributed by atoms with van der Waals surface area (Å²) in [5.74, 6) is 3.07. The van der Waals surface area contributed by atoms with Crippen molar-refractivity contribution in [3.63, 3.8) is 0 Å². The SMILES string of the molecule is CCCc1nc(CCSC)n[nH]1. The molecule has 1 rings (SSSR count). The molecule has 0 aliphatic carbocycles. The average molecular weight is 185 g/mol. The van der Waals surface area contributed by atoms with E-state index in [1.807, 2.05) is 11.8 Å². The van der Waals surface area contributed by atoms with Crippen LogP contribution in [0.1, 0.15) is 25.0 Å². The monoisotopic (exact) mass is 185 g/mol. The van der Waals surface area contributed by atoms with E-state index in [9.17, 15) is 0 Å². The van der Waals surface area contributed by atoms with Crippen LogP contribution in [0.25, 0.3) is 0 Å². The minimum atomic E-state index is 0.952. The number of thioether (sulfide) groups is 1. The molecule has 0 fully saturated rings. The molecule has 1 N–H and O–H groups in total. The van der Waals surface area contributed by atoms with E-state index in [0.717, 1.165) is 36.7 Å². The summed E-state index contributed by atoms with van der Waals surface area (Å²) < 4.78 is 0. The summed E-state index contributed by atoms with van der Waals surface area (Å²) in [5.41, 5.74) is 0. The molecule has 0 saturated carbocycles. The van der Waals surface area contributed by atoms with Gasteiger partial charge in [-0.2, -0.15) is 16.9 Å². The van der Waals surface area contributed by atoms with Gasteiger partial charge in [0.1, 0.15) is 5.82 Å². The second kappa shape index (κ2) is 5.19. The van der Waals surface area contributed by atoms with Crippen LogP contribution in [0.2, 0.25) is 0 Å². The quantitative estimate of drug-likeness (QED) is 0.758. The van der Waals surface area contributed by atoms with Gasteiger partial charge in [-0.15, -0.1) is 0 Å². The zero-order chi connectivity index (χ0) is 8.81. The summed E-state index contributed by atoms with van der Waals surface area (Å²) >= 11 is 1.83. The Morgan fingerprint density at radius 3 is 2.92 bits per heavy atom. The van der Waals surface area contributed by atoms with Gasteiger partial charge in [0.15, 0.2) is 5.82 Å². The van der Waals surface area contributed by atoms with Gasteiger partial charge < -0.3 is 0 Å². The Balaban J connectivity index is 2.41. The van der Waals surface area contributed by atoms with Gasteiger partial charge in [0.2, 0.25) is 0 Å². The van der Waals surface area contributed by atoms with Gasteiger partial charge in [0, 0.05) is 18.6 Å². The Morgan fingerprint density at radius 2 is 2.25 bits per heavy atom. The van der Waals surface area contributed by atoms with Gasteiger partial charge in [0.25, 0.3) is 0 Å². The van der Waals surface area contributed by atoms with Crippen molar-refractivity contribution >= 4 is 11.8 Å². The van der Waals surface area contributed by atoms with Gasteiger partial charge >= 0.3 is 0 Å². The first-order valence-electron chi connectivity index (χ1n) is 4.26. The largest absolute Gasteiger partial charge is 0.263 e. The Hall–Kier alpha value is -0.510. The van der Waals surface area contributed by atoms with Gasteiger partial charge in [-0.1, -0.05) is 6.92 Å². The molecular weight excluding hydrogens is 170 g/mol. The summed E-state index contributed by atoms with van der Waals surface area (Å²) in [6, 6.07) is 0. The number of aryl methyl sites for hydroxylation is 2. The van der Waals surface area contributed by atoms with E-state index in [1.165, 1.54) is 0 Å². The first kappa shape index (κ1) is 9.58. The highest BCUT2D eigenvalue weighted by Gasteiger charge is 2.00. The van der Waals surface area contributed by atoms with Crippen LogP contribution in [0.4, 0.5) is 0 Å². The zero-order valence-electron chi connectivity index (χ0n) is 7.63. The van der Waals surface area contributed by atoms with Crippen LogP contribution in [0.3, 0.4) is 0 Å². The van der Waals surface area contributed by atoms with Gasteiger partial charge in [-0.25, -0.2) is 4.98 Å². The fourth-order valence-corrected chi connectivity index (χ4v) is 1.38. The highest BCUT2D eigenvalue weighted by atomic mass is 32.2. The third kappa shape index (κ3) is 2.85. The standard InChI is InChI=1S/C8H15N3S/c1-3-4-7-9-8(11-10-7)5-6-12-2/h3-6H2,1-2H3,(H,9,10,11). The summed E-state index contributed by atoms with van der Waals surface area (Å²) in [6.07, 6.45) is 5.20. The molecule has 0 radical (unpaired) electrons. The number of aromatic amines is 1. The van der Waals surface area contributed by atoms with Crippen LogP contribution in [0, 0.1) is 0 Å². The lowest BCUT2D eigenvalue weighted by molar-refractivity contribution is 0.841. The van der Waals surface area contributed by atoms with Gasteiger partial charge in [0.05, 0.1) is 0 Å². The molecule has 4 heteroatoms. The molecule has 0 saturated heterocycles. The second-order valence-electron chi connectivity index (χ2n) is 2.69. The number of hydrogen-bond donors (Lipinski definition) is 1. The van der Waals surface area contributed by atoms with Crippen molar-refractivity contribution in [2.24, 2.45) is 0 Å². The van der Waals surface area contributed by atoms with Crippen LogP contribution < -0.4 is 0 Å². The molecule has 0 aliphatic rings. The molecule has 0 unspecified atom stereocenters. The smallest absolute Gasteiger partial charge is 0.151 e. The number of hydrogen-bond acceptors (Lipinski definition) is 3. The summed E-state index contributed by atoms with van der Waals surface area (Å²) in [6.45, 7) is 2.14. The number of nitrogens with zero attached hydrogens (tertiary/aromatic N) is 2. The number of aromatic nitrogens is 3. The summed E-state index contributed by atoms with van der Waals surface area (Å²) in [7, 11) is 0. The maximum atomic E-state index is 4.36. The van der Waals surface area contributed by atoms with Crippen LogP contribution in [-0.4, -0.2) is 27.2 Å². The predicted molar refractivity (Wildman–Crippen MR) is 52.5 cm³/mol. The molecule has 0 aliphatic heterocycles. The third-order valence-electron chi connectivity index (χ3n) is 1.59. The van der Waals surface area contributed by atoms with Crippen LogP contribution in [0.15, 0.2) is 0 Å². The van der Waals surface area contributed by atoms with Gasteiger partial charge in [-0.05, 0) is 12.7 Å². The van der Waals surface area contributed by atoms with Crippen molar-refractivity contribution in [1.29, 1.82) is 0 Å². The zero-order valence-corrected chi connectivity index (χ0v) is 8.45. The van der Waals surface area contributed by atoms with Crippen molar-refractivity contribution in [3.05, 3.63) is 11.6 Å². The van der Waals surface area contributed by atoms with E-state index in [2.05, 4.69) is 28.4 Å². The molecule has 0 spiro atoms. The maximum absolute atomic E-state index is 4.36. The fourth-order valence-electron chi connectivity index (χ4n) is 0.989. The lowest BCUT2D eigenvalue weighted by Crippen LogP contribution is -1.91. The predicted octanol–water partition coefficient (Wildman–Crippen LogP) is 1.66. The molecule has 1 aromatic rings. The average Bonchev–Trinajstić information content (AvgIpc) is 2.50. The van der Waals surface area contributed by atoms with E-state index in [1.54, 1.807) is 0 Å². The normalized spacial score (nSPS) is 10.5. The van der Waals surface area contributed by atoms with Crippen molar-refractivity contribution < 1.29 is 0 Å². The Morgan fingerprint density at radius 1 is 1.42 bits per heavy atom. The molecule has 0 atom stereocenters. The lowest BCUT2D eigenvalue weighted by Gasteiger charge is -1.89. The molecule has 68 valence electrons. The van der Waals surface area contributed by atoms with Crippen molar-refractivity contribution in [3.8, 4) is 0 Å². The van der Waals surface area contributed by atoms with Gasteiger partial charge in [-0.3, -0.25) is 5.10 Å². The van der Waals surface area contributed by atoms with Crippen LogP contribution in [0.5, 0.6) is 0 Å². The van der Waals surface area contributed by atoms with Crippen molar-refractivity contribution in [2.75, 3.05) is 12.0 Å². The van der Waals surface area contributed by atoms with E-state index in [0.29, 0.717) is 0 Å². The minimum Gasteiger partial charge on any atom is -0.263 e. The molecule has 0 aromatic carbocycles. The lowest BCUT2D eigenvalue weighted by atomic mass is 10.3. The molecule has 12 heavy (non-hydrogen) atoms. The highest BCUT2D eigenvalue weighted by molar-refractivity contribution is 7.98. The maximum Gasteiger partial charge on any atom is 0.151 e. The number of nitrogens with one attached hydrogen (secondary N) is 1. The fraction of sp³-hybridized carbons (Fsp3) is 0.750. The number of H-pyrrole nitrogens is 1. The molecule has 3 nitrogen and oxygen atoms in total.